The molecular formula is C12H14FN3S2. The molecule has 6 heteroatoms. The molecule has 0 bridgehead atoms. The van der Waals surface area contributed by atoms with E-state index in [9.17, 15) is 4.39 Å². The summed E-state index contributed by atoms with van der Waals surface area (Å²) in [5.41, 5.74) is 8.51. The highest BCUT2D eigenvalue weighted by molar-refractivity contribution is 8.01. The van der Waals surface area contributed by atoms with E-state index in [-0.39, 0.29) is 11.9 Å². The first-order valence-electron chi connectivity index (χ1n) is 5.67. The molecule has 0 aliphatic heterocycles. The summed E-state index contributed by atoms with van der Waals surface area (Å²) in [6.45, 7) is 2.03. The van der Waals surface area contributed by atoms with Crippen LogP contribution in [0.4, 0.5) is 4.39 Å². The molecule has 0 saturated carbocycles. The van der Waals surface area contributed by atoms with Crippen LogP contribution < -0.4 is 5.73 Å². The van der Waals surface area contributed by atoms with E-state index in [1.807, 2.05) is 13.0 Å². The van der Waals surface area contributed by atoms with Crippen LogP contribution in [0.3, 0.4) is 0 Å². The zero-order chi connectivity index (χ0) is 13.0. The Morgan fingerprint density at radius 2 is 2.33 bits per heavy atom. The van der Waals surface area contributed by atoms with E-state index in [4.69, 9.17) is 5.73 Å². The summed E-state index contributed by atoms with van der Waals surface area (Å²) in [6.07, 6.45) is 1.55. The molecule has 0 saturated heterocycles. The van der Waals surface area contributed by atoms with Gasteiger partial charge in [-0.25, -0.2) is 4.39 Å². The Balaban J connectivity index is 2.26. The Hall–Kier alpha value is -0.980. The van der Waals surface area contributed by atoms with Crippen molar-refractivity contribution in [2.75, 3.05) is 0 Å². The standard InChI is InChI=1S/C12H14FN3S2/c1-2-9(14)6-8-4-3-5-10(13)11(8)18-12-16-15-7-17-12/h3-5,7,9H,2,6,14H2,1H3. The van der Waals surface area contributed by atoms with Crippen LogP contribution in [0.1, 0.15) is 18.9 Å². The van der Waals surface area contributed by atoms with Gasteiger partial charge in [-0.05, 0) is 24.5 Å². The van der Waals surface area contributed by atoms with Crippen molar-refractivity contribution in [3.63, 3.8) is 0 Å². The van der Waals surface area contributed by atoms with Crippen molar-refractivity contribution in [1.29, 1.82) is 0 Å². The van der Waals surface area contributed by atoms with Gasteiger partial charge < -0.3 is 5.73 Å². The highest BCUT2D eigenvalue weighted by Gasteiger charge is 2.13. The van der Waals surface area contributed by atoms with Crippen LogP contribution in [0.15, 0.2) is 32.9 Å². The van der Waals surface area contributed by atoms with Gasteiger partial charge in [-0.1, -0.05) is 42.2 Å². The molecule has 3 nitrogen and oxygen atoms in total. The predicted molar refractivity (Wildman–Crippen MR) is 72.4 cm³/mol. The summed E-state index contributed by atoms with van der Waals surface area (Å²) in [5.74, 6) is -0.226. The number of nitrogens with two attached hydrogens (primary N) is 1. The molecule has 1 aromatic carbocycles. The third-order valence-electron chi connectivity index (χ3n) is 2.58. The minimum Gasteiger partial charge on any atom is -0.327 e. The van der Waals surface area contributed by atoms with Gasteiger partial charge in [0.25, 0.3) is 0 Å². The maximum Gasteiger partial charge on any atom is 0.178 e. The molecule has 18 heavy (non-hydrogen) atoms. The van der Waals surface area contributed by atoms with Gasteiger partial charge in [0.15, 0.2) is 4.34 Å². The fourth-order valence-corrected chi connectivity index (χ4v) is 3.11. The first-order chi connectivity index (χ1) is 8.70. The van der Waals surface area contributed by atoms with E-state index in [2.05, 4.69) is 10.2 Å². The Morgan fingerprint density at radius 3 is 3.00 bits per heavy atom. The number of halogens is 1. The number of nitrogens with zero attached hydrogens (tertiary/aromatic N) is 2. The van der Waals surface area contributed by atoms with Gasteiger partial charge in [0, 0.05) is 6.04 Å². The Bertz CT molecular complexity index is 502. The molecule has 0 aliphatic carbocycles. The molecule has 1 unspecified atom stereocenters. The smallest absolute Gasteiger partial charge is 0.178 e. The third kappa shape index (κ3) is 3.28. The largest absolute Gasteiger partial charge is 0.327 e. The molecule has 96 valence electrons. The molecule has 0 aliphatic rings. The van der Waals surface area contributed by atoms with Crippen LogP contribution in [0.5, 0.6) is 0 Å². The summed E-state index contributed by atoms with van der Waals surface area (Å²) >= 11 is 2.72. The van der Waals surface area contributed by atoms with Gasteiger partial charge in [-0.15, -0.1) is 10.2 Å². The lowest BCUT2D eigenvalue weighted by Crippen LogP contribution is -2.21. The molecule has 2 rings (SSSR count). The summed E-state index contributed by atoms with van der Waals surface area (Å²) in [6, 6.07) is 5.16. The summed E-state index contributed by atoms with van der Waals surface area (Å²) in [4.78, 5) is 0.609. The molecule has 0 radical (unpaired) electrons. The van der Waals surface area contributed by atoms with Crippen molar-refractivity contribution >= 4 is 23.1 Å². The quantitative estimate of drug-likeness (QED) is 0.916. The lowest BCUT2D eigenvalue weighted by molar-refractivity contribution is 0.585. The molecule has 0 spiro atoms. The van der Waals surface area contributed by atoms with Gasteiger partial charge in [0.2, 0.25) is 0 Å². The van der Waals surface area contributed by atoms with E-state index in [1.54, 1.807) is 11.6 Å². The average molecular weight is 283 g/mol. The van der Waals surface area contributed by atoms with Crippen LogP contribution in [0.25, 0.3) is 0 Å². The maximum absolute atomic E-state index is 13.9. The predicted octanol–water partition coefficient (Wildman–Crippen LogP) is 3.11. The van der Waals surface area contributed by atoms with Crippen molar-refractivity contribution in [2.24, 2.45) is 5.73 Å². The fourth-order valence-electron chi connectivity index (χ4n) is 1.55. The van der Waals surface area contributed by atoms with Crippen molar-refractivity contribution < 1.29 is 4.39 Å². The van der Waals surface area contributed by atoms with Gasteiger partial charge in [0.05, 0.1) is 4.90 Å². The van der Waals surface area contributed by atoms with Crippen LogP contribution >= 0.6 is 23.1 Å². The van der Waals surface area contributed by atoms with E-state index in [0.29, 0.717) is 11.3 Å². The second-order valence-corrected chi connectivity index (χ2v) is 6.00. The fraction of sp³-hybridized carbons (Fsp3) is 0.333. The van der Waals surface area contributed by atoms with Gasteiger partial charge in [-0.2, -0.15) is 0 Å². The molecule has 1 atom stereocenters. The number of hydrogen-bond acceptors (Lipinski definition) is 5. The van der Waals surface area contributed by atoms with Crippen molar-refractivity contribution in [3.8, 4) is 0 Å². The number of hydrogen-bond donors (Lipinski definition) is 1. The Morgan fingerprint density at radius 1 is 1.50 bits per heavy atom. The third-order valence-corrected chi connectivity index (χ3v) is 4.52. The highest BCUT2D eigenvalue weighted by Crippen LogP contribution is 2.33. The van der Waals surface area contributed by atoms with E-state index in [1.165, 1.54) is 29.2 Å². The van der Waals surface area contributed by atoms with Crippen molar-refractivity contribution in [3.05, 3.63) is 35.1 Å². The molecule has 0 fully saturated rings. The maximum atomic E-state index is 13.9. The van der Waals surface area contributed by atoms with Crippen molar-refractivity contribution in [2.45, 2.75) is 35.0 Å². The van der Waals surface area contributed by atoms with E-state index in [0.717, 1.165) is 16.3 Å². The summed E-state index contributed by atoms with van der Waals surface area (Å²) in [7, 11) is 0. The Labute approximate surface area is 114 Å². The van der Waals surface area contributed by atoms with Crippen molar-refractivity contribution in [1.82, 2.24) is 10.2 Å². The number of rotatable bonds is 5. The molecule has 0 amide bonds. The lowest BCUT2D eigenvalue weighted by Gasteiger charge is -2.12. The summed E-state index contributed by atoms with van der Waals surface area (Å²) < 4.78 is 14.6. The molecular weight excluding hydrogens is 269 g/mol. The normalized spacial score (nSPS) is 12.6. The molecule has 2 N–H and O–H groups in total. The van der Waals surface area contributed by atoms with Gasteiger partial charge in [0.1, 0.15) is 11.3 Å². The Kier molecular flexibility index (Phi) is 4.68. The zero-order valence-electron chi connectivity index (χ0n) is 9.97. The van der Waals surface area contributed by atoms with Crippen LogP contribution in [-0.2, 0) is 6.42 Å². The topological polar surface area (TPSA) is 51.8 Å². The van der Waals surface area contributed by atoms with E-state index >= 15 is 0 Å². The average Bonchev–Trinajstić information content (AvgIpc) is 2.86. The number of aromatic nitrogens is 2. The first kappa shape index (κ1) is 13.5. The monoisotopic (exact) mass is 283 g/mol. The molecule has 1 aromatic heterocycles. The molecule has 2 aromatic rings. The first-order valence-corrected chi connectivity index (χ1v) is 7.37. The van der Waals surface area contributed by atoms with E-state index < -0.39 is 0 Å². The van der Waals surface area contributed by atoms with Gasteiger partial charge in [-0.3, -0.25) is 0 Å². The highest BCUT2D eigenvalue weighted by atomic mass is 32.2. The minimum atomic E-state index is -0.226. The second-order valence-electron chi connectivity index (χ2n) is 3.91. The van der Waals surface area contributed by atoms with Crippen LogP contribution in [0.2, 0.25) is 0 Å². The summed E-state index contributed by atoms with van der Waals surface area (Å²) in [5, 5.41) is 7.68. The van der Waals surface area contributed by atoms with Crippen LogP contribution in [0, 0.1) is 5.82 Å². The zero-order valence-corrected chi connectivity index (χ0v) is 11.6. The minimum absolute atomic E-state index is 0.0561. The lowest BCUT2D eigenvalue weighted by atomic mass is 10.0. The van der Waals surface area contributed by atoms with Gasteiger partial charge >= 0.3 is 0 Å². The second kappa shape index (κ2) is 6.26. The SMILES string of the molecule is CCC(N)Cc1cccc(F)c1Sc1nncs1. The molecule has 1 heterocycles. The van der Waals surface area contributed by atoms with Crippen LogP contribution in [-0.4, -0.2) is 16.2 Å². The number of benzene rings is 1.